The van der Waals surface area contributed by atoms with Gasteiger partial charge in [-0.05, 0) is 19.3 Å². The number of esters is 3. The average molecular weight is 654 g/mol. The molecule has 1 fully saturated rings. The summed E-state index contributed by atoms with van der Waals surface area (Å²) < 4.78 is 27.4. The van der Waals surface area contributed by atoms with Crippen LogP contribution in [0.5, 0.6) is 0 Å². The maximum Gasteiger partial charge on any atom is 0.306 e. The van der Waals surface area contributed by atoms with Crippen LogP contribution < -0.4 is 5.32 Å². The molecule has 1 saturated heterocycles. The van der Waals surface area contributed by atoms with E-state index in [1.807, 2.05) is 6.92 Å². The van der Waals surface area contributed by atoms with E-state index in [1.54, 1.807) is 0 Å². The first kappa shape index (κ1) is 41.4. The predicted octanol–water partition coefficient (Wildman–Crippen LogP) is 6.97. The lowest BCUT2D eigenvalue weighted by Crippen LogP contribution is -2.27. The van der Waals surface area contributed by atoms with Crippen LogP contribution in [-0.2, 0) is 42.9 Å². The van der Waals surface area contributed by atoms with E-state index in [2.05, 4.69) is 25.7 Å². The Kier molecular flexibility index (Phi) is 24.7. The molecule has 266 valence electrons. The third kappa shape index (κ3) is 22.0. The lowest BCUT2D eigenvalue weighted by molar-refractivity contribution is -0.153. The molecule has 1 heterocycles. The molecule has 4 unspecified atom stereocenters. The van der Waals surface area contributed by atoms with Crippen LogP contribution in [0.3, 0.4) is 0 Å². The molecule has 0 spiro atoms. The minimum atomic E-state index is -0.291. The number of carbonyl (C=O) groups is 4. The Hall–Kier alpha value is -2.62. The van der Waals surface area contributed by atoms with Gasteiger partial charge in [-0.1, -0.05) is 91.6 Å². The van der Waals surface area contributed by atoms with Crippen LogP contribution >= 0.6 is 0 Å². The Bertz CT molecular complexity index is 849. The number of unbranched alkanes of at least 4 members (excludes halogenated alkanes) is 10. The van der Waals surface area contributed by atoms with Gasteiger partial charge in [0.2, 0.25) is 0 Å². The summed E-state index contributed by atoms with van der Waals surface area (Å²) in [7, 11) is 0. The molecule has 1 aliphatic rings. The van der Waals surface area contributed by atoms with Crippen LogP contribution in [0.25, 0.3) is 0 Å². The molecule has 0 aromatic carbocycles. The minimum absolute atomic E-state index is 0.0146. The second kappa shape index (κ2) is 27.5. The third-order valence-corrected chi connectivity index (χ3v) is 8.35. The van der Waals surface area contributed by atoms with Crippen molar-refractivity contribution in [1.29, 1.82) is 0 Å². The van der Waals surface area contributed by atoms with Crippen molar-refractivity contribution in [3.05, 3.63) is 12.3 Å². The number of hydrogen-bond donors (Lipinski definition) is 1. The van der Waals surface area contributed by atoms with Gasteiger partial charge in [0.1, 0.15) is 12.7 Å². The SMILES string of the molecule is C=C(CC(COC=O)COC(=O)CCCCCCCC)OCC1CC(OC(=O)CC(CC)COC(=O)CCCCCCCC)CN1. The molecule has 0 aromatic heterocycles. The smallest absolute Gasteiger partial charge is 0.306 e. The molecule has 0 amide bonds. The molecule has 0 aliphatic carbocycles. The molecule has 0 radical (unpaired) electrons. The number of nitrogens with one attached hydrogen (secondary N) is 1. The zero-order chi connectivity index (χ0) is 33.8. The van der Waals surface area contributed by atoms with E-state index < -0.39 is 0 Å². The van der Waals surface area contributed by atoms with Gasteiger partial charge in [-0.2, -0.15) is 0 Å². The zero-order valence-electron chi connectivity index (χ0n) is 29.0. The molecule has 10 nitrogen and oxygen atoms in total. The Balaban J connectivity index is 2.28. The van der Waals surface area contributed by atoms with Gasteiger partial charge in [0.05, 0.1) is 32.0 Å². The van der Waals surface area contributed by atoms with E-state index >= 15 is 0 Å². The van der Waals surface area contributed by atoms with Gasteiger partial charge in [-0.25, -0.2) is 0 Å². The molecule has 0 bridgehead atoms. The summed E-state index contributed by atoms with van der Waals surface area (Å²) >= 11 is 0. The number of allylic oxidation sites excluding steroid dienone is 1. The quantitative estimate of drug-likeness (QED) is 0.0285. The number of ether oxygens (including phenoxy) is 5. The van der Waals surface area contributed by atoms with Crippen molar-refractivity contribution in [3.63, 3.8) is 0 Å². The summed E-state index contributed by atoms with van der Waals surface area (Å²) in [6.07, 6.45) is 15.7. The maximum absolute atomic E-state index is 12.6. The fourth-order valence-corrected chi connectivity index (χ4v) is 5.40. The molecular weight excluding hydrogens is 590 g/mol. The van der Waals surface area contributed by atoms with Crippen LogP contribution in [0.15, 0.2) is 12.3 Å². The van der Waals surface area contributed by atoms with E-state index in [-0.39, 0.29) is 68.1 Å². The Labute approximate surface area is 278 Å². The first-order valence-electron chi connectivity index (χ1n) is 17.9. The van der Waals surface area contributed by atoms with E-state index in [0.29, 0.717) is 51.1 Å². The predicted molar refractivity (Wildman–Crippen MR) is 178 cm³/mol. The van der Waals surface area contributed by atoms with Gasteiger partial charge in [0.15, 0.2) is 0 Å². The Morgan fingerprint density at radius 2 is 1.30 bits per heavy atom. The molecule has 1 aliphatic heterocycles. The molecule has 1 N–H and O–H groups in total. The fourth-order valence-electron chi connectivity index (χ4n) is 5.40. The summed E-state index contributed by atoms with van der Waals surface area (Å²) in [5.74, 6) is -0.546. The van der Waals surface area contributed by atoms with Crippen LogP contribution in [0.1, 0.15) is 136 Å². The lowest BCUT2D eigenvalue weighted by Gasteiger charge is -2.19. The van der Waals surface area contributed by atoms with Crippen LogP contribution in [0.2, 0.25) is 0 Å². The van der Waals surface area contributed by atoms with Gasteiger partial charge < -0.3 is 29.0 Å². The third-order valence-electron chi connectivity index (χ3n) is 8.35. The minimum Gasteiger partial charge on any atom is -0.497 e. The Morgan fingerprint density at radius 3 is 1.87 bits per heavy atom. The van der Waals surface area contributed by atoms with Gasteiger partial charge >= 0.3 is 17.9 Å². The van der Waals surface area contributed by atoms with Crippen LogP contribution in [-0.4, -0.2) is 69.5 Å². The van der Waals surface area contributed by atoms with E-state index in [9.17, 15) is 19.2 Å². The topological polar surface area (TPSA) is 126 Å². The first-order chi connectivity index (χ1) is 22.3. The average Bonchev–Trinajstić information content (AvgIpc) is 3.49. The molecule has 4 atom stereocenters. The van der Waals surface area contributed by atoms with Crippen LogP contribution in [0.4, 0.5) is 0 Å². The summed E-state index contributed by atoms with van der Waals surface area (Å²) in [5, 5.41) is 3.32. The van der Waals surface area contributed by atoms with E-state index in [0.717, 1.165) is 44.9 Å². The molecule has 0 saturated carbocycles. The Morgan fingerprint density at radius 1 is 0.739 bits per heavy atom. The maximum atomic E-state index is 12.6. The standard InChI is InChI=1S/C36H63NO9/c1-5-8-10-12-14-16-18-34(39)44-25-30(7-3)21-36(41)46-33-22-32(37-23-33)27-43-29(4)20-31(24-42-28-38)26-45-35(40)19-17-15-13-11-9-6-2/h28,30-33,37H,4-27H2,1-3H3. The molecule has 1 rings (SSSR count). The second-order valence-corrected chi connectivity index (χ2v) is 12.7. The summed E-state index contributed by atoms with van der Waals surface area (Å²) in [6, 6.07) is -0.0146. The van der Waals surface area contributed by atoms with Gasteiger partial charge in [0, 0.05) is 50.1 Å². The normalized spacial score (nSPS) is 17.1. The second-order valence-electron chi connectivity index (χ2n) is 12.7. The fraction of sp³-hybridized carbons (Fsp3) is 0.833. The van der Waals surface area contributed by atoms with Gasteiger partial charge in [-0.3, -0.25) is 19.2 Å². The molecular formula is C36H63NO9. The van der Waals surface area contributed by atoms with Crippen molar-refractivity contribution < 1.29 is 42.9 Å². The molecule has 10 heteroatoms. The highest BCUT2D eigenvalue weighted by Gasteiger charge is 2.28. The van der Waals surface area contributed by atoms with E-state index in [4.69, 9.17) is 23.7 Å². The van der Waals surface area contributed by atoms with Crippen molar-refractivity contribution in [2.24, 2.45) is 11.8 Å². The van der Waals surface area contributed by atoms with Crippen molar-refractivity contribution >= 4 is 24.4 Å². The highest BCUT2D eigenvalue weighted by Crippen LogP contribution is 2.19. The lowest BCUT2D eigenvalue weighted by atomic mass is 10.0. The molecule has 0 aromatic rings. The highest BCUT2D eigenvalue weighted by atomic mass is 16.6. The summed E-state index contributed by atoms with van der Waals surface area (Å²) in [6.45, 7) is 12.0. The largest absolute Gasteiger partial charge is 0.497 e. The molecule has 46 heavy (non-hydrogen) atoms. The number of carbonyl (C=O) groups excluding carboxylic acids is 4. The highest BCUT2D eigenvalue weighted by molar-refractivity contribution is 5.71. The number of hydrogen-bond acceptors (Lipinski definition) is 10. The van der Waals surface area contributed by atoms with Crippen molar-refractivity contribution in [2.45, 2.75) is 148 Å². The van der Waals surface area contributed by atoms with Crippen molar-refractivity contribution in [3.8, 4) is 0 Å². The van der Waals surface area contributed by atoms with Crippen LogP contribution in [0, 0.1) is 11.8 Å². The summed E-state index contributed by atoms with van der Waals surface area (Å²) in [4.78, 5) is 47.6. The van der Waals surface area contributed by atoms with Crippen molar-refractivity contribution in [2.75, 3.05) is 33.0 Å². The van der Waals surface area contributed by atoms with E-state index in [1.165, 1.54) is 38.5 Å². The summed E-state index contributed by atoms with van der Waals surface area (Å²) in [5.41, 5.74) is 0. The zero-order valence-corrected chi connectivity index (χ0v) is 29.0. The van der Waals surface area contributed by atoms with Crippen molar-refractivity contribution in [1.82, 2.24) is 5.32 Å². The monoisotopic (exact) mass is 653 g/mol. The number of rotatable bonds is 30. The van der Waals surface area contributed by atoms with Gasteiger partial charge in [-0.15, -0.1) is 0 Å². The first-order valence-corrected chi connectivity index (χ1v) is 17.9. The van der Waals surface area contributed by atoms with Gasteiger partial charge in [0.25, 0.3) is 6.47 Å².